The van der Waals surface area contributed by atoms with Crippen LogP contribution in [0, 0.1) is 0 Å². The molecular weight excluding hydrogens is 135 g/mol. The van der Waals surface area contributed by atoms with E-state index < -0.39 is 0 Å². The number of hydrogen-bond acceptors (Lipinski definition) is 1. The SMILES string of the molecule is B/C(=C/C(C)=C(/O)C=C)CC. The van der Waals surface area contributed by atoms with Crippen molar-refractivity contribution in [1.29, 1.82) is 0 Å². The average Bonchev–Trinajstić information content (AvgIpc) is 2.02. The van der Waals surface area contributed by atoms with Gasteiger partial charge in [0, 0.05) is 0 Å². The molecule has 11 heavy (non-hydrogen) atoms. The predicted octanol–water partition coefficient (Wildman–Crippen LogP) is 1.93. The molecule has 2 heteroatoms. The molecule has 0 fully saturated rings. The van der Waals surface area contributed by atoms with Crippen molar-refractivity contribution in [2.45, 2.75) is 20.3 Å². The van der Waals surface area contributed by atoms with Gasteiger partial charge in [0.05, 0.1) is 0 Å². The van der Waals surface area contributed by atoms with Crippen LogP contribution < -0.4 is 0 Å². The van der Waals surface area contributed by atoms with Crippen LogP contribution in [0.15, 0.2) is 35.5 Å². The molecule has 0 heterocycles. The van der Waals surface area contributed by atoms with E-state index in [0.29, 0.717) is 0 Å². The zero-order chi connectivity index (χ0) is 8.85. The Morgan fingerprint density at radius 3 is 2.55 bits per heavy atom. The number of rotatable bonds is 3. The summed E-state index contributed by atoms with van der Waals surface area (Å²) in [5, 5.41) is 9.19. The van der Waals surface area contributed by atoms with Crippen LogP contribution in [0.4, 0.5) is 0 Å². The van der Waals surface area contributed by atoms with Gasteiger partial charge in [0.2, 0.25) is 0 Å². The summed E-state index contributed by atoms with van der Waals surface area (Å²) in [5.41, 5.74) is 2.13. The fraction of sp³-hybridized carbons (Fsp3) is 0.333. The van der Waals surface area contributed by atoms with Crippen molar-refractivity contribution >= 4 is 7.85 Å². The Morgan fingerprint density at radius 1 is 1.64 bits per heavy atom. The Bertz CT molecular complexity index is 202. The van der Waals surface area contributed by atoms with Crippen LogP contribution >= 0.6 is 0 Å². The lowest BCUT2D eigenvalue weighted by Crippen LogP contribution is -1.84. The van der Waals surface area contributed by atoms with E-state index in [9.17, 15) is 5.11 Å². The zero-order valence-corrected chi connectivity index (χ0v) is 7.52. The van der Waals surface area contributed by atoms with Crippen LogP contribution in [-0.2, 0) is 0 Å². The maximum absolute atomic E-state index is 9.19. The van der Waals surface area contributed by atoms with Gasteiger partial charge in [-0.25, -0.2) is 0 Å². The summed E-state index contributed by atoms with van der Waals surface area (Å²) in [6.07, 6.45) is 4.44. The summed E-state index contributed by atoms with van der Waals surface area (Å²) < 4.78 is 0. The molecule has 0 spiro atoms. The molecule has 0 amide bonds. The third-order valence-electron chi connectivity index (χ3n) is 1.62. The highest BCUT2D eigenvalue weighted by molar-refractivity contribution is 6.21. The molecule has 0 radical (unpaired) electrons. The van der Waals surface area contributed by atoms with Gasteiger partial charge in [0.25, 0.3) is 0 Å². The van der Waals surface area contributed by atoms with Gasteiger partial charge in [-0.05, 0) is 25.0 Å². The Hall–Kier alpha value is -0.915. The highest BCUT2D eigenvalue weighted by Crippen LogP contribution is 2.06. The van der Waals surface area contributed by atoms with Crippen LogP contribution in [0.5, 0.6) is 0 Å². The van der Waals surface area contributed by atoms with E-state index in [1.165, 1.54) is 11.5 Å². The molecule has 0 aliphatic carbocycles. The van der Waals surface area contributed by atoms with Gasteiger partial charge in [-0.3, -0.25) is 0 Å². The maximum Gasteiger partial charge on any atom is 0.133 e. The highest BCUT2D eigenvalue weighted by atomic mass is 16.3. The van der Waals surface area contributed by atoms with Gasteiger partial charge in [0.1, 0.15) is 13.6 Å². The molecule has 0 aromatic rings. The second-order valence-electron chi connectivity index (χ2n) is 2.62. The molecule has 0 bridgehead atoms. The van der Waals surface area contributed by atoms with E-state index in [-0.39, 0.29) is 5.76 Å². The van der Waals surface area contributed by atoms with E-state index >= 15 is 0 Å². The lowest BCUT2D eigenvalue weighted by molar-refractivity contribution is 0.428. The molecule has 0 aliphatic rings. The van der Waals surface area contributed by atoms with Crippen LogP contribution in [0.2, 0.25) is 0 Å². The van der Waals surface area contributed by atoms with Gasteiger partial charge in [-0.2, -0.15) is 0 Å². The molecule has 0 saturated carbocycles. The summed E-state index contributed by atoms with van der Waals surface area (Å²) in [7, 11) is 2.04. The number of aliphatic hydroxyl groups is 1. The summed E-state index contributed by atoms with van der Waals surface area (Å²) in [5.74, 6) is 0.262. The highest BCUT2D eigenvalue weighted by Gasteiger charge is 1.91. The van der Waals surface area contributed by atoms with E-state index in [0.717, 1.165) is 12.0 Å². The van der Waals surface area contributed by atoms with Crippen LogP contribution in [-0.4, -0.2) is 13.0 Å². The van der Waals surface area contributed by atoms with Gasteiger partial charge < -0.3 is 5.11 Å². The minimum atomic E-state index is 0.262. The quantitative estimate of drug-likeness (QED) is 0.370. The average molecular weight is 150 g/mol. The Morgan fingerprint density at radius 2 is 2.18 bits per heavy atom. The van der Waals surface area contributed by atoms with E-state index in [1.807, 2.05) is 20.8 Å². The van der Waals surface area contributed by atoms with Gasteiger partial charge in [0.15, 0.2) is 0 Å². The monoisotopic (exact) mass is 150 g/mol. The molecule has 0 rings (SSSR count). The summed E-state index contributed by atoms with van der Waals surface area (Å²) in [6.45, 7) is 7.44. The van der Waals surface area contributed by atoms with Crippen LogP contribution in [0.3, 0.4) is 0 Å². The van der Waals surface area contributed by atoms with Crippen molar-refractivity contribution in [3.8, 4) is 0 Å². The van der Waals surface area contributed by atoms with E-state index in [4.69, 9.17) is 0 Å². The molecule has 60 valence electrons. The topological polar surface area (TPSA) is 20.2 Å². The van der Waals surface area contributed by atoms with Crippen molar-refractivity contribution in [2.24, 2.45) is 0 Å². The molecule has 0 unspecified atom stereocenters. The lowest BCUT2D eigenvalue weighted by Gasteiger charge is -1.98. The fourth-order valence-corrected chi connectivity index (χ4v) is 0.707. The maximum atomic E-state index is 9.19. The molecular formula is C9H15BO. The fourth-order valence-electron chi connectivity index (χ4n) is 0.707. The Labute approximate surface area is 69.5 Å². The van der Waals surface area contributed by atoms with Crippen LogP contribution in [0.1, 0.15) is 20.3 Å². The van der Waals surface area contributed by atoms with E-state index in [1.54, 1.807) is 0 Å². The number of hydrogen-bond donors (Lipinski definition) is 1. The van der Waals surface area contributed by atoms with Crippen molar-refractivity contribution in [1.82, 2.24) is 0 Å². The molecule has 0 aliphatic heterocycles. The normalized spacial score (nSPS) is 14.2. The lowest BCUT2D eigenvalue weighted by atomic mass is 9.91. The molecule has 1 nitrogen and oxygen atoms in total. The molecule has 1 N–H and O–H groups in total. The van der Waals surface area contributed by atoms with Crippen molar-refractivity contribution < 1.29 is 5.11 Å². The molecule has 0 atom stereocenters. The molecule has 0 saturated heterocycles. The standard InChI is InChI=1S/C9H15BO/c1-4-8(10)6-7(3)9(11)5-2/h5-6,11H,2,4,10H2,1,3H3/b8-6+,9-7+. The first-order valence-electron chi connectivity index (χ1n) is 3.81. The number of aliphatic hydroxyl groups excluding tert-OH is 1. The third-order valence-corrected chi connectivity index (χ3v) is 1.62. The van der Waals surface area contributed by atoms with Crippen molar-refractivity contribution in [3.63, 3.8) is 0 Å². The smallest absolute Gasteiger partial charge is 0.133 e. The minimum Gasteiger partial charge on any atom is -0.508 e. The molecule has 0 aromatic carbocycles. The Kier molecular flexibility index (Phi) is 4.43. The van der Waals surface area contributed by atoms with Gasteiger partial charge in [-0.15, -0.1) is 5.47 Å². The Balaban J connectivity index is 4.49. The first kappa shape index (κ1) is 10.1. The predicted molar refractivity (Wildman–Crippen MR) is 52.4 cm³/mol. The first-order valence-corrected chi connectivity index (χ1v) is 3.81. The summed E-state index contributed by atoms with van der Waals surface area (Å²) in [4.78, 5) is 0. The largest absolute Gasteiger partial charge is 0.508 e. The third kappa shape index (κ3) is 3.71. The number of allylic oxidation sites excluding steroid dienone is 4. The zero-order valence-electron chi connectivity index (χ0n) is 7.52. The van der Waals surface area contributed by atoms with Crippen LogP contribution in [0.25, 0.3) is 0 Å². The van der Waals surface area contributed by atoms with Crippen molar-refractivity contribution in [3.05, 3.63) is 35.5 Å². The second-order valence-corrected chi connectivity index (χ2v) is 2.62. The minimum absolute atomic E-state index is 0.262. The van der Waals surface area contributed by atoms with Gasteiger partial charge >= 0.3 is 0 Å². The first-order chi connectivity index (χ1) is 5.11. The van der Waals surface area contributed by atoms with Gasteiger partial charge in [-0.1, -0.05) is 19.6 Å². The summed E-state index contributed by atoms with van der Waals surface area (Å²) >= 11 is 0. The second kappa shape index (κ2) is 4.83. The van der Waals surface area contributed by atoms with Crippen molar-refractivity contribution in [2.75, 3.05) is 0 Å². The molecule has 0 aromatic heterocycles. The summed E-state index contributed by atoms with van der Waals surface area (Å²) in [6, 6.07) is 0. The van der Waals surface area contributed by atoms with E-state index in [2.05, 4.69) is 13.5 Å².